The highest BCUT2D eigenvalue weighted by Crippen LogP contribution is 2.40. The zero-order chi connectivity index (χ0) is 12.5. The number of hydrogen-bond donors (Lipinski definition) is 1. The molecule has 1 unspecified atom stereocenters. The number of carbonyl (C=O) groups is 2. The Bertz CT molecular complexity index is 372. The van der Waals surface area contributed by atoms with E-state index in [2.05, 4.69) is 5.92 Å². The highest BCUT2D eigenvalue weighted by atomic mass is 16.6. The molecule has 92 valence electrons. The quantitative estimate of drug-likeness (QED) is 0.568. The summed E-state index contributed by atoms with van der Waals surface area (Å²) < 4.78 is 11.1. The summed E-state index contributed by atoms with van der Waals surface area (Å²) in [5, 5.41) is 8.73. The summed E-state index contributed by atoms with van der Waals surface area (Å²) in [4.78, 5) is 21.9. The molecule has 2 fully saturated rings. The lowest BCUT2D eigenvalue weighted by Crippen LogP contribution is -2.50. The van der Waals surface area contributed by atoms with E-state index >= 15 is 0 Å². The average molecular weight is 238 g/mol. The molecule has 0 aromatic rings. The maximum Gasteiger partial charge on any atom is 0.305 e. The smallest absolute Gasteiger partial charge is 0.305 e. The first kappa shape index (κ1) is 12.1. The maximum atomic E-state index is 11.2. The Morgan fingerprint density at radius 3 is 2.94 bits per heavy atom. The van der Waals surface area contributed by atoms with Crippen molar-refractivity contribution in [3.05, 3.63) is 0 Å². The van der Waals surface area contributed by atoms with Gasteiger partial charge in [0.1, 0.15) is 6.10 Å². The van der Waals surface area contributed by atoms with Crippen LogP contribution in [0, 0.1) is 12.3 Å². The van der Waals surface area contributed by atoms with Crippen LogP contribution in [0.4, 0.5) is 0 Å². The summed E-state index contributed by atoms with van der Waals surface area (Å²) in [6, 6.07) is 0. The van der Waals surface area contributed by atoms with Gasteiger partial charge in [-0.05, 0) is 12.8 Å². The van der Waals surface area contributed by atoms with Crippen molar-refractivity contribution >= 4 is 12.3 Å². The number of aldehydes is 1. The number of carbonyl (C=O) groups excluding carboxylic acids is 1. The van der Waals surface area contributed by atoms with E-state index < -0.39 is 23.8 Å². The summed E-state index contributed by atoms with van der Waals surface area (Å²) in [5.74, 6) is 1.53. The molecular formula is C12H14O5. The Kier molecular flexibility index (Phi) is 3.18. The van der Waals surface area contributed by atoms with Crippen molar-refractivity contribution in [3.63, 3.8) is 0 Å². The van der Waals surface area contributed by atoms with E-state index in [0.29, 0.717) is 25.5 Å². The van der Waals surface area contributed by atoms with Crippen LogP contribution >= 0.6 is 0 Å². The molecule has 2 rings (SSSR count). The van der Waals surface area contributed by atoms with Crippen molar-refractivity contribution in [2.24, 2.45) is 0 Å². The largest absolute Gasteiger partial charge is 0.481 e. The third-order valence-electron chi connectivity index (χ3n) is 3.30. The Hall–Kier alpha value is -1.38. The van der Waals surface area contributed by atoms with E-state index in [-0.39, 0.29) is 12.5 Å². The molecule has 0 spiro atoms. The number of carboxylic acids is 1. The maximum absolute atomic E-state index is 11.2. The molecule has 0 saturated carbocycles. The molecule has 0 radical (unpaired) electrons. The zero-order valence-corrected chi connectivity index (χ0v) is 9.30. The fourth-order valence-corrected chi connectivity index (χ4v) is 2.51. The van der Waals surface area contributed by atoms with Crippen molar-refractivity contribution in [1.29, 1.82) is 0 Å². The molecule has 2 aliphatic rings. The van der Waals surface area contributed by atoms with Crippen LogP contribution in [0.15, 0.2) is 0 Å². The van der Waals surface area contributed by atoms with E-state index in [4.69, 9.17) is 21.0 Å². The fraction of sp³-hybridized carbons (Fsp3) is 0.667. The van der Waals surface area contributed by atoms with Crippen molar-refractivity contribution in [2.75, 3.05) is 0 Å². The molecular weight excluding hydrogens is 224 g/mol. The monoisotopic (exact) mass is 238 g/mol. The highest BCUT2D eigenvalue weighted by molar-refractivity contribution is 5.68. The van der Waals surface area contributed by atoms with Crippen molar-refractivity contribution in [3.8, 4) is 12.3 Å². The number of rotatable bonds is 3. The van der Waals surface area contributed by atoms with E-state index in [0.717, 1.165) is 0 Å². The van der Waals surface area contributed by atoms with E-state index in [9.17, 15) is 9.59 Å². The second-order valence-electron chi connectivity index (χ2n) is 4.47. The molecule has 4 atom stereocenters. The number of fused-ring (bicyclic) bond motifs is 1. The minimum atomic E-state index is -1.05. The van der Waals surface area contributed by atoms with Gasteiger partial charge in [0.05, 0.1) is 18.6 Å². The summed E-state index contributed by atoms with van der Waals surface area (Å²) in [5.41, 5.74) is -1.05. The number of aliphatic carboxylic acids is 1. The predicted molar refractivity (Wildman–Crippen MR) is 57.3 cm³/mol. The molecule has 0 aliphatic carbocycles. The molecule has 0 aromatic carbocycles. The molecule has 5 heteroatoms. The van der Waals surface area contributed by atoms with Crippen LogP contribution in [-0.4, -0.2) is 41.3 Å². The zero-order valence-electron chi connectivity index (χ0n) is 9.30. The van der Waals surface area contributed by atoms with E-state index in [1.165, 1.54) is 0 Å². The number of hydrogen-bond acceptors (Lipinski definition) is 4. The van der Waals surface area contributed by atoms with E-state index in [1.807, 2.05) is 0 Å². The SMILES string of the molecule is C#CC1C[C@]2(C=O)O[C@@H](CC(=O)O)CC[C@@H]2O1. The lowest BCUT2D eigenvalue weighted by molar-refractivity contribution is -0.175. The van der Waals surface area contributed by atoms with Crippen LogP contribution in [0.3, 0.4) is 0 Å². The topological polar surface area (TPSA) is 72.8 Å². The molecule has 0 bridgehead atoms. The van der Waals surface area contributed by atoms with Crippen LogP contribution in [0.1, 0.15) is 25.7 Å². The predicted octanol–water partition coefficient (Wildman–Crippen LogP) is 0.368. The fourth-order valence-electron chi connectivity index (χ4n) is 2.51. The highest BCUT2D eigenvalue weighted by Gasteiger charge is 2.53. The second kappa shape index (κ2) is 4.47. The van der Waals surface area contributed by atoms with Gasteiger partial charge in [-0.2, -0.15) is 0 Å². The van der Waals surface area contributed by atoms with Crippen molar-refractivity contribution in [2.45, 2.75) is 49.6 Å². The standard InChI is InChI=1S/C12H14O5/c1-2-8-6-12(7-13)10(16-8)4-3-9(17-12)5-11(14)15/h1,7-10H,3-6H2,(H,14,15)/t8?,9-,10+,12-/m1/s1. The first-order valence-electron chi connectivity index (χ1n) is 5.57. The van der Waals surface area contributed by atoms with Gasteiger partial charge in [0.2, 0.25) is 0 Å². The first-order chi connectivity index (χ1) is 8.09. The van der Waals surface area contributed by atoms with Gasteiger partial charge in [-0.25, -0.2) is 0 Å². The first-order valence-corrected chi connectivity index (χ1v) is 5.57. The minimum Gasteiger partial charge on any atom is -0.481 e. The molecule has 17 heavy (non-hydrogen) atoms. The molecule has 5 nitrogen and oxygen atoms in total. The van der Waals surface area contributed by atoms with E-state index in [1.54, 1.807) is 0 Å². The molecule has 2 heterocycles. The van der Waals surface area contributed by atoms with Crippen LogP contribution in [0.2, 0.25) is 0 Å². The Balaban J connectivity index is 2.11. The number of terminal acetylenes is 1. The van der Waals surface area contributed by atoms with Crippen LogP contribution in [0.25, 0.3) is 0 Å². The van der Waals surface area contributed by atoms with Crippen LogP contribution in [0.5, 0.6) is 0 Å². The van der Waals surface area contributed by atoms with Gasteiger partial charge >= 0.3 is 5.97 Å². The second-order valence-corrected chi connectivity index (χ2v) is 4.47. The minimum absolute atomic E-state index is 0.0942. The van der Waals surface area contributed by atoms with Gasteiger partial charge in [0, 0.05) is 6.42 Å². The summed E-state index contributed by atoms with van der Waals surface area (Å²) >= 11 is 0. The summed E-state index contributed by atoms with van der Waals surface area (Å²) in [6.45, 7) is 0. The normalized spacial score (nSPS) is 40.3. The molecule has 1 N–H and O–H groups in total. The third kappa shape index (κ3) is 2.19. The third-order valence-corrected chi connectivity index (χ3v) is 3.30. The lowest BCUT2D eigenvalue weighted by Gasteiger charge is -2.37. The Labute approximate surface area is 99.1 Å². The van der Waals surface area contributed by atoms with Crippen molar-refractivity contribution < 1.29 is 24.2 Å². The Morgan fingerprint density at radius 1 is 1.59 bits per heavy atom. The van der Waals surface area contributed by atoms with Gasteiger partial charge < -0.3 is 19.4 Å². The number of ether oxygens (including phenoxy) is 2. The van der Waals surface area contributed by atoms with Gasteiger partial charge in [-0.1, -0.05) is 5.92 Å². The van der Waals surface area contributed by atoms with Gasteiger partial charge in [-0.15, -0.1) is 6.42 Å². The Morgan fingerprint density at radius 2 is 2.35 bits per heavy atom. The summed E-state index contributed by atoms with van der Waals surface area (Å²) in [7, 11) is 0. The lowest BCUT2D eigenvalue weighted by atomic mass is 9.87. The van der Waals surface area contributed by atoms with Crippen molar-refractivity contribution in [1.82, 2.24) is 0 Å². The van der Waals surface area contributed by atoms with Gasteiger partial charge in [0.15, 0.2) is 11.9 Å². The average Bonchev–Trinajstić information content (AvgIpc) is 2.66. The molecule has 2 aliphatic heterocycles. The number of carboxylic acid groups (broad SMARTS) is 1. The van der Waals surface area contributed by atoms with Gasteiger partial charge in [-0.3, -0.25) is 4.79 Å². The molecule has 0 amide bonds. The van der Waals surface area contributed by atoms with Crippen LogP contribution in [-0.2, 0) is 19.1 Å². The van der Waals surface area contributed by atoms with Gasteiger partial charge in [0.25, 0.3) is 0 Å². The summed E-state index contributed by atoms with van der Waals surface area (Å²) in [6.07, 6.45) is 6.19. The van der Waals surface area contributed by atoms with Crippen LogP contribution < -0.4 is 0 Å². The molecule has 0 aromatic heterocycles. The molecule has 2 saturated heterocycles.